The Morgan fingerprint density at radius 3 is 2.52 bits per heavy atom. The summed E-state index contributed by atoms with van der Waals surface area (Å²) in [5, 5.41) is 2.38. The van der Waals surface area contributed by atoms with E-state index in [1.807, 2.05) is 13.0 Å². The lowest BCUT2D eigenvalue weighted by molar-refractivity contribution is 0.0575. The van der Waals surface area contributed by atoms with Crippen LogP contribution in [0.5, 0.6) is 5.75 Å². The molecule has 1 fully saturated rings. The number of aromatic nitrogens is 1. The van der Waals surface area contributed by atoms with Crippen molar-refractivity contribution < 1.29 is 32.2 Å². The number of rotatable bonds is 6. The Morgan fingerprint density at radius 2 is 1.84 bits per heavy atom. The summed E-state index contributed by atoms with van der Waals surface area (Å²) in [6, 6.07) is 9.47. The molecule has 1 aromatic heterocycles. The van der Waals surface area contributed by atoms with Crippen LogP contribution in [-0.2, 0) is 17.9 Å². The molecule has 44 heavy (non-hydrogen) atoms. The second kappa shape index (κ2) is 11.5. The highest BCUT2D eigenvalue weighted by Gasteiger charge is 2.52. The first-order valence-corrected chi connectivity index (χ1v) is 14.4. The SMILES string of the molecule is COC1=N[C@]2(CC1)CCC(C)N1CC2n2cc(C(=O)NCc3c(F)cc(F)cc3F)c(=O)c(OCc3ccccc3)c2C1=O. The predicted octanol–water partition coefficient (Wildman–Crippen LogP) is 4.53. The molecule has 12 heteroatoms. The van der Waals surface area contributed by atoms with Crippen LogP contribution in [0.4, 0.5) is 13.2 Å². The van der Waals surface area contributed by atoms with E-state index in [1.54, 1.807) is 40.8 Å². The number of halogens is 3. The van der Waals surface area contributed by atoms with Crippen molar-refractivity contribution in [2.45, 2.75) is 63.4 Å². The van der Waals surface area contributed by atoms with Gasteiger partial charge in [0.15, 0.2) is 17.3 Å². The molecule has 3 aliphatic heterocycles. The van der Waals surface area contributed by atoms with E-state index in [1.165, 1.54) is 6.20 Å². The van der Waals surface area contributed by atoms with Crippen LogP contribution >= 0.6 is 0 Å². The Kier molecular flexibility index (Phi) is 7.68. The van der Waals surface area contributed by atoms with Crippen molar-refractivity contribution in [1.29, 1.82) is 0 Å². The molecule has 0 radical (unpaired) electrons. The number of hydrogen-bond acceptors (Lipinski definition) is 6. The van der Waals surface area contributed by atoms with Crippen LogP contribution in [0.15, 0.2) is 58.4 Å². The Morgan fingerprint density at radius 1 is 1.11 bits per heavy atom. The van der Waals surface area contributed by atoms with Crippen molar-refractivity contribution in [2.75, 3.05) is 13.7 Å². The lowest BCUT2D eigenvalue weighted by Gasteiger charge is -2.42. The van der Waals surface area contributed by atoms with Gasteiger partial charge in [0.05, 0.1) is 18.7 Å². The smallest absolute Gasteiger partial charge is 0.274 e. The molecule has 4 heterocycles. The van der Waals surface area contributed by atoms with Crippen LogP contribution in [-0.4, -0.2) is 52.4 Å². The number of amides is 2. The fourth-order valence-corrected chi connectivity index (χ4v) is 6.43. The molecule has 2 unspecified atom stereocenters. The van der Waals surface area contributed by atoms with Gasteiger partial charge in [0.2, 0.25) is 5.43 Å². The van der Waals surface area contributed by atoms with Gasteiger partial charge in [-0.3, -0.25) is 14.4 Å². The normalized spacial score (nSPS) is 22.3. The maximum Gasteiger partial charge on any atom is 0.274 e. The first-order valence-electron chi connectivity index (χ1n) is 14.4. The third-order valence-corrected chi connectivity index (χ3v) is 8.87. The fourth-order valence-electron chi connectivity index (χ4n) is 6.43. The summed E-state index contributed by atoms with van der Waals surface area (Å²) >= 11 is 0. The minimum atomic E-state index is -1.18. The average Bonchev–Trinajstić information content (AvgIpc) is 3.38. The third kappa shape index (κ3) is 5.11. The molecule has 3 aliphatic rings. The number of hydrogen-bond donors (Lipinski definition) is 1. The van der Waals surface area contributed by atoms with E-state index < -0.39 is 58.4 Å². The summed E-state index contributed by atoms with van der Waals surface area (Å²) in [5.41, 5.74) is -1.69. The highest BCUT2D eigenvalue weighted by atomic mass is 19.1. The van der Waals surface area contributed by atoms with Gasteiger partial charge in [0.25, 0.3) is 11.8 Å². The minimum absolute atomic E-state index is 0.0172. The van der Waals surface area contributed by atoms with Crippen molar-refractivity contribution in [2.24, 2.45) is 4.99 Å². The van der Waals surface area contributed by atoms with E-state index in [4.69, 9.17) is 14.5 Å². The van der Waals surface area contributed by atoms with Crippen molar-refractivity contribution >= 4 is 17.7 Å². The first-order chi connectivity index (χ1) is 21.1. The number of ether oxygens (including phenoxy) is 2. The maximum atomic E-state index is 14.3. The Balaban J connectivity index is 1.46. The van der Waals surface area contributed by atoms with Gasteiger partial charge < -0.3 is 24.3 Å². The maximum absolute atomic E-state index is 14.3. The van der Waals surface area contributed by atoms with Gasteiger partial charge in [0, 0.05) is 49.4 Å². The van der Waals surface area contributed by atoms with Crippen molar-refractivity contribution in [1.82, 2.24) is 14.8 Å². The van der Waals surface area contributed by atoms with Gasteiger partial charge in [0.1, 0.15) is 29.6 Å². The van der Waals surface area contributed by atoms with Crippen LogP contribution in [0, 0.1) is 17.5 Å². The number of benzene rings is 2. The molecule has 6 rings (SSSR count). The summed E-state index contributed by atoms with van der Waals surface area (Å²) in [4.78, 5) is 48.1. The van der Waals surface area contributed by atoms with E-state index >= 15 is 0 Å². The van der Waals surface area contributed by atoms with Gasteiger partial charge in [-0.1, -0.05) is 30.3 Å². The molecule has 2 amide bonds. The van der Waals surface area contributed by atoms with Crippen molar-refractivity contribution in [3.8, 4) is 5.75 Å². The molecular weight excluding hydrogens is 577 g/mol. The fraction of sp³-hybridized carbons (Fsp3) is 0.375. The molecule has 9 nitrogen and oxygen atoms in total. The molecule has 2 aromatic carbocycles. The van der Waals surface area contributed by atoms with Gasteiger partial charge in [-0.15, -0.1) is 0 Å². The van der Waals surface area contributed by atoms with Crippen molar-refractivity contribution in [3.63, 3.8) is 0 Å². The van der Waals surface area contributed by atoms with Crippen LogP contribution in [0.2, 0.25) is 0 Å². The zero-order valence-electron chi connectivity index (χ0n) is 24.2. The lowest BCUT2D eigenvalue weighted by Crippen LogP contribution is -2.51. The molecule has 3 aromatic rings. The zero-order chi connectivity index (χ0) is 31.2. The number of aliphatic imine (C=N–C) groups is 1. The second-order valence-electron chi connectivity index (χ2n) is 11.4. The standard InChI is InChI=1S/C32H31F3N4O5/c1-18-8-10-32(11-9-26(37-32)43-2)25-16-38(18)31(42)27-29(44-17-19-6-4-3-5-7-19)28(40)22(15-39(25)27)30(41)36-14-21-23(34)12-20(33)13-24(21)35/h3-7,12-13,15,18,25H,8-11,14,16-17H2,1-2H3,(H,36,41)/t18?,25?,32-/m0/s1. The number of fused-ring (bicyclic) bond motifs is 5. The third-order valence-electron chi connectivity index (χ3n) is 8.87. The van der Waals surface area contributed by atoms with E-state index in [0.29, 0.717) is 50.3 Å². The molecule has 1 spiro atoms. The van der Waals surface area contributed by atoms with E-state index in [9.17, 15) is 27.6 Å². The summed E-state index contributed by atoms with van der Waals surface area (Å²) in [7, 11) is 1.56. The van der Waals surface area contributed by atoms with Gasteiger partial charge in [-0.2, -0.15) is 0 Å². The van der Waals surface area contributed by atoms with Crippen LogP contribution in [0.1, 0.15) is 70.6 Å². The van der Waals surface area contributed by atoms with Crippen molar-refractivity contribution in [3.05, 3.63) is 98.7 Å². The molecule has 0 aliphatic carbocycles. The molecule has 3 atom stereocenters. The molecule has 230 valence electrons. The first kappa shape index (κ1) is 29.5. The number of pyridine rings is 1. The minimum Gasteiger partial charge on any atom is -0.484 e. The second-order valence-corrected chi connectivity index (χ2v) is 11.4. The number of carbonyl (C=O) groups excluding carboxylic acids is 2. The highest BCUT2D eigenvalue weighted by Crippen LogP contribution is 2.47. The molecule has 0 saturated carbocycles. The Labute approximate surface area is 251 Å². The molecule has 2 bridgehead atoms. The number of nitrogens with one attached hydrogen (secondary N) is 1. The summed E-state index contributed by atoms with van der Waals surface area (Å²) < 4.78 is 55.2. The quantitative estimate of drug-likeness (QED) is 0.443. The molecular formula is C32H31F3N4O5. The summed E-state index contributed by atoms with van der Waals surface area (Å²) in [5.74, 6) is -4.49. The van der Waals surface area contributed by atoms with E-state index in [0.717, 1.165) is 5.56 Å². The lowest BCUT2D eigenvalue weighted by atomic mass is 9.83. The predicted molar refractivity (Wildman–Crippen MR) is 154 cm³/mol. The largest absolute Gasteiger partial charge is 0.484 e. The van der Waals surface area contributed by atoms with Crippen LogP contribution in [0.25, 0.3) is 0 Å². The Bertz CT molecular complexity index is 1700. The summed E-state index contributed by atoms with van der Waals surface area (Å²) in [6.45, 7) is 1.56. The molecule has 1 saturated heterocycles. The topological polar surface area (TPSA) is 102 Å². The van der Waals surface area contributed by atoms with Gasteiger partial charge >= 0.3 is 0 Å². The average molecular weight is 609 g/mol. The zero-order valence-corrected chi connectivity index (χ0v) is 24.2. The van der Waals surface area contributed by atoms with Crippen LogP contribution in [0.3, 0.4) is 0 Å². The van der Waals surface area contributed by atoms with E-state index in [-0.39, 0.29) is 29.7 Å². The van der Waals surface area contributed by atoms with E-state index in [2.05, 4.69) is 5.32 Å². The van der Waals surface area contributed by atoms with Gasteiger partial charge in [-0.25, -0.2) is 18.2 Å². The van der Waals surface area contributed by atoms with Crippen LogP contribution < -0.4 is 15.5 Å². The summed E-state index contributed by atoms with van der Waals surface area (Å²) in [6.07, 6.45) is 3.88. The van der Waals surface area contributed by atoms with Gasteiger partial charge in [-0.05, 0) is 31.7 Å². The number of methoxy groups -OCH3 is 1. The molecule has 1 N–H and O–H groups in total. The monoisotopic (exact) mass is 608 g/mol. The number of carbonyl (C=O) groups is 2. The number of nitrogens with zero attached hydrogens (tertiary/aromatic N) is 3. The Hall–Kier alpha value is -4.61. The highest BCUT2D eigenvalue weighted by molar-refractivity contribution is 5.99.